The van der Waals surface area contributed by atoms with Gasteiger partial charge in [0.05, 0.1) is 17.5 Å². The summed E-state index contributed by atoms with van der Waals surface area (Å²) in [6, 6.07) is 2.43. The Labute approximate surface area is 163 Å². The van der Waals surface area contributed by atoms with Crippen LogP contribution in [-0.2, 0) is 7.05 Å². The van der Waals surface area contributed by atoms with Gasteiger partial charge in [0.1, 0.15) is 5.52 Å². The van der Waals surface area contributed by atoms with Crippen LogP contribution in [0.5, 0.6) is 0 Å². The van der Waals surface area contributed by atoms with Gasteiger partial charge in [0.2, 0.25) is 0 Å². The molecule has 2 fully saturated rings. The Morgan fingerprint density at radius 2 is 2.00 bits per heavy atom. The Balaban J connectivity index is 1.29. The van der Waals surface area contributed by atoms with Gasteiger partial charge in [-0.3, -0.25) is 9.48 Å². The fourth-order valence-corrected chi connectivity index (χ4v) is 4.12. The number of rotatable bonds is 4. The van der Waals surface area contributed by atoms with Crippen LogP contribution in [0, 0.1) is 0 Å². The summed E-state index contributed by atoms with van der Waals surface area (Å²) in [5, 5.41) is 8.83. The van der Waals surface area contributed by atoms with Crippen molar-refractivity contribution in [3.63, 3.8) is 0 Å². The van der Waals surface area contributed by atoms with E-state index in [1.807, 2.05) is 35.9 Å². The summed E-state index contributed by atoms with van der Waals surface area (Å²) in [6.45, 7) is 1.76. The quantitative estimate of drug-likeness (QED) is 0.694. The molecule has 8 heteroatoms. The molecule has 146 valence electrons. The van der Waals surface area contributed by atoms with Gasteiger partial charge in [-0.05, 0) is 31.7 Å². The second kappa shape index (κ2) is 6.61. The van der Waals surface area contributed by atoms with Gasteiger partial charge in [0, 0.05) is 57.7 Å². The van der Waals surface area contributed by atoms with E-state index in [0.717, 1.165) is 37.3 Å². The molecule has 0 atom stereocenters. The zero-order valence-corrected chi connectivity index (χ0v) is 16.3. The lowest BCUT2D eigenvalue weighted by atomic mass is 10.0. The predicted molar refractivity (Wildman–Crippen MR) is 105 cm³/mol. The van der Waals surface area contributed by atoms with Crippen molar-refractivity contribution in [2.75, 3.05) is 25.0 Å². The Kier molecular flexibility index (Phi) is 4.07. The number of carbonyl (C=O) groups excluding carboxylic acids is 1. The number of nitrogens with zero attached hydrogens (tertiary/aromatic N) is 7. The monoisotopic (exact) mass is 379 g/mol. The first-order chi connectivity index (χ1) is 13.6. The van der Waals surface area contributed by atoms with Crippen LogP contribution in [0.25, 0.3) is 5.52 Å². The summed E-state index contributed by atoms with van der Waals surface area (Å²) < 4.78 is 3.62. The van der Waals surface area contributed by atoms with E-state index in [4.69, 9.17) is 5.10 Å². The molecule has 1 aliphatic heterocycles. The van der Waals surface area contributed by atoms with Crippen molar-refractivity contribution in [2.24, 2.45) is 7.05 Å². The maximum Gasteiger partial charge on any atom is 0.257 e. The number of hydrogen-bond acceptors (Lipinski definition) is 5. The van der Waals surface area contributed by atoms with E-state index >= 15 is 0 Å². The lowest BCUT2D eigenvalue weighted by molar-refractivity contribution is 0.0709. The third kappa shape index (κ3) is 3.02. The average molecular weight is 379 g/mol. The molecule has 8 nitrogen and oxygen atoms in total. The van der Waals surface area contributed by atoms with E-state index in [2.05, 4.69) is 21.0 Å². The number of piperidine rings is 1. The number of carbonyl (C=O) groups is 1. The van der Waals surface area contributed by atoms with Gasteiger partial charge >= 0.3 is 0 Å². The minimum absolute atomic E-state index is 0.0386. The maximum atomic E-state index is 12.7. The molecular formula is C20H25N7O. The van der Waals surface area contributed by atoms with Gasteiger partial charge in [0.25, 0.3) is 5.91 Å². The molecule has 3 aromatic rings. The molecule has 3 aromatic heterocycles. The second-order valence-electron chi connectivity index (χ2n) is 7.96. The second-order valence-corrected chi connectivity index (χ2v) is 7.96. The van der Waals surface area contributed by atoms with Gasteiger partial charge in [-0.25, -0.2) is 9.50 Å². The summed E-state index contributed by atoms with van der Waals surface area (Å²) in [7, 11) is 3.72. The van der Waals surface area contributed by atoms with Crippen LogP contribution in [0.4, 0.5) is 5.82 Å². The van der Waals surface area contributed by atoms with Crippen LogP contribution in [0.2, 0.25) is 0 Å². The van der Waals surface area contributed by atoms with Crippen molar-refractivity contribution < 1.29 is 4.79 Å². The highest BCUT2D eigenvalue weighted by Crippen LogP contribution is 2.40. The largest absolute Gasteiger partial charge is 0.355 e. The Morgan fingerprint density at radius 3 is 2.68 bits per heavy atom. The van der Waals surface area contributed by atoms with Gasteiger partial charge in [-0.1, -0.05) is 0 Å². The summed E-state index contributed by atoms with van der Waals surface area (Å²) in [5.41, 5.74) is 2.92. The number of anilines is 1. The summed E-state index contributed by atoms with van der Waals surface area (Å²) in [6.07, 6.45) is 11.5. The molecule has 0 aromatic carbocycles. The fraction of sp³-hybridized carbons (Fsp3) is 0.500. The zero-order valence-electron chi connectivity index (χ0n) is 16.3. The van der Waals surface area contributed by atoms with E-state index in [-0.39, 0.29) is 11.9 Å². The van der Waals surface area contributed by atoms with E-state index in [1.54, 1.807) is 17.1 Å². The Morgan fingerprint density at radius 1 is 1.21 bits per heavy atom. The average Bonchev–Trinajstić information content (AvgIpc) is 3.33. The molecule has 1 saturated heterocycles. The summed E-state index contributed by atoms with van der Waals surface area (Å²) >= 11 is 0. The smallest absolute Gasteiger partial charge is 0.257 e. The normalized spacial score (nSPS) is 18.0. The molecule has 4 heterocycles. The topological polar surface area (TPSA) is 71.6 Å². The van der Waals surface area contributed by atoms with Gasteiger partial charge in [-0.15, -0.1) is 0 Å². The molecule has 0 unspecified atom stereocenters. The van der Waals surface area contributed by atoms with Crippen molar-refractivity contribution in [3.8, 4) is 0 Å². The summed E-state index contributed by atoms with van der Waals surface area (Å²) in [4.78, 5) is 21.5. The zero-order chi connectivity index (χ0) is 19.3. The molecule has 5 rings (SSSR count). The maximum absolute atomic E-state index is 12.7. The standard InChI is InChI=1S/C20H25N7O/c1-24-13-15(12-22-24)20(28)25(2)16-5-8-26(9-6-16)19-18-11-17(14-3-4-14)23-27(18)10-7-21-19/h7,10-14,16H,3-6,8-9H2,1-2H3. The predicted octanol–water partition coefficient (Wildman–Crippen LogP) is 2.08. The fourth-order valence-electron chi connectivity index (χ4n) is 4.12. The Hall–Kier alpha value is -2.90. The lowest BCUT2D eigenvalue weighted by Gasteiger charge is -2.37. The number of aryl methyl sites for hydroxylation is 1. The van der Waals surface area contributed by atoms with Crippen LogP contribution in [-0.4, -0.2) is 61.4 Å². The third-order valence-corrected chi connectivity index (χ3v) is 5.97. The molecule has 0 N–H and O–H groups in total. The molecule has 0 spiro atoms. The highest BCUT2D eigenvalue weighted by molar-refractivity contribution is 5.93. The van der Waals surface area contributed by atoms with Crippen molar-refractivity contribution in [2.45, 2.75) is 37.6 Å². The van der Waals surface area contributed by atoms with Crippen LogP contribution < -0.4 is 4.90 Å². The van der Waals surface area contributed by atoms with Gasteiger partial charge in [0.15, 0.2) is 5.82 Å². The van der Waals surface area contributed by atoms with Crippen LogP contribution in [0.15, 0.2) is 30.9 Å². The van der Waals surface area contributed by atoms with Crippen LogP contribution >= 0.6 is 0 Å². The highest BCUT2D eigenvalue weighted by atomic mass is 16.2. The molecule has 0 radical (unpaired) electrons. The van der Waals surface area contributed by atoms with E-state index in [0.29, 0.717) is 11.5 Å². The lowest BCUT2D eigenvalue weighted by Crippen LogP contribution is -2.46. The molecule has 1 saturated carbocycles. The van der Waals surface area contributed by atoms with E-state index < -0.39 is 0 Å². The van der Waals surface area contributed by atoms with Crippen molar-refractivity contribution in [3.05, 3.63) is 42.1 Å². The van der Waals surface area contributed by atoms with E-state index in [1.165, 1.54) is 18.5 Å². The molecule has 1 aliphatic carbocycles. The number of amides is 1. The highest BCUT2D eigenvalue weighted by Gasteiger charge is 2.30. The van der Waals surface area contributed by atoms with E-state index in [9.17, 15) is 4.79 Å². The summed E-state index contributed by atoms with van der Waals surface area (Å²) in [5.74, 6) is 1.67. The van der Waals surface area contributed by atoms with Crippen molar-refractivity contribution in [1.29, 1.82) is 0 Å². The number of aromatic nitrogens is 5. The first-order valence-electron chi connectivity index (χ1n) is 9.95. The molecule has 0 bridgehead atoms. The first kappa shape index (κ1) is 17.2. The minimum atomic E-state index is 0.0386. The van der Waals surface area contributed by atoms with Gasteiger partial charge in [-0.2, -0.15) is 10.2 Å². The van der Waals surface area contributed by atoms with Crippen LogP contribution in [0.3, 0.4) is 0 Å². The number of fused-ring (bicyclic) bond motifs is 1. The van der Waals surface area contributed by atoms with Crippen LogP contribution in [0.1, 0.15) is 47.7 Å². The van der Waals surface area contributed by atoms with Crippen molar-refractivity contribution >= 4 is 17.2 Å². The molecule has 1 amide bonds. The minimum Gasteiger partial charge on any atom is -0.355 e. The molecule has 2 aliphatic rings. The first-order valence-corrected chi connectivity index (χ1v) is 9.95. The van der Waals surface area contributed by atoms with Gasteiger partial charge < -0.3 is 9.80 Å². The Bertz CT molecular complexity index is 1010. The molecular weight excluding hydrogens is 354 g/mol. The third-order valence-electron chi connectivity index (χ3n) is 5.97. The van der Waals surface area contributed by atoms with Crippen molar-refractivity contribution in [1.82, 2.24) is 29.3 Å². The number of hydrogen-bond donors (Lipinski definition) is 0. The molecule has 28 heavy (non-hydrogen) atoms. The SMILES string of the molecule is CN(C(=O)c1cnn(C)c1)C1CCN(c2nccn3nc(C4CC4)cc23)CC1.